The smallest absolute Gasteiger partial charge is 0.251 e. The van der Waals surface area contributed by atoms with Crippen LogP contribution in [0.25, 0.3) is 0 Å². The first-order chi connectivity index (χ1) is 11.2. The third kappa shape index (κ3) is 4.29. The van der Waals surface area contributed by atoms with Crippen LogP contribution in [0.1, 0.15) is 23.2 Å². The van der Waals surface area contributed by atoms with Crippen molar-refractivity contribution >= 4 is 5.91 Å². The summed E-state index contributed by atoms with van der Waals surface area (Å²) in [6.07, 6.45) is 1.18. The normalized spacial score (nSPS) is 28.7. The Hall–Kier alpha value is -1.47. The van der Waals surface area contributed by atoms with Gasteiger partial charge in [0.25, 0.3) is 5.91 Å². The molecule has 0 unspecified atom stereocenters. The number of amides is 1. The Labute approximate surface area is 136 Å². The highest BCUT2D eigenvalue weighted by atomic mass is 16.5. The van der Waals surface area contributed by atoms with Gasteiger partial charge in [0.1, 0.15) is 6.10 Å². The SMILES string of the molecule is O=C(NC[C@H]1OC[C@@H](NC2CCNCC2)[C@@H]1O)c1ccccc1. The van der Waals surface area contributed by atoms with Gasteiger partial charge in [0.2, 0.25) is 0 Å². The monoisotopic (exact) mass is 319 g/mol. The first kappa shape index (κ1) is 16.4. The van der Waals surface area contributed by atoms with Crippen LogP contribution in [-0.2, 0) is 4.74 Å². The average Bonchev–Trinajstić information content (AvgIpc) is 2.94. The van der Waals surface area contributed by atoms with Crippen molar-refractivity contribution in [1.82, 2.24) is 16.0 Å². The Morgan fingerprint density at radius 2 is 2.00 bits per heavy atom. The van der Waals surface area contributed by atoms with E-state index in [1.165, 1.54) is 0 Å². The number of benzene rings is 1. The summed E-state index contributed by atoms with van der Waals surface area (Å²) in [5, 5.41) is 20.1. The molecule has 23 heavy (non-hydrogen) atoms. The van der Waals surface area contributed by atoms with E-state index >= 15 is 0 Å². The van der Waals surface area contributed by atoms with E-state index in [0.29, 0.717) is 24.8 Å². The highest BCUT2D eigenvalue weighted by molar-refractivity contribution is 5.94. The van der Waals surface area contributed by atoms with Gasteiger partial charge in [-0.15, -0.1) is 0 Å². The molecule has 2 heterocycles. The van der Waals surface area contributed by atoms with E-state index in [-0.39, 0.29) is 18.1 Å². The lowest BCUT2D eigenvalue weighted by atomic mass is 10.0. The minimum absolute atomic E-state index is 0.0586. The first-order valence-electron chi connectivity index (χ1n) is 8.34. The molecule has 4 N–H and O–H groups in total. The molecule has 0 spiro atoms. The summed E-state index contributed by atoms with van der Waals surface area (Å²) < 4.78 is 5.66. The molecule has 0 bridgehead atoms. The summed E-state index contributed by atoms with van der Waals surface area (Å²) in [5.74, 6) is -0.142. The largest absolute Gasteiger partial charge is 0.389 e. The Bertz CT molecular complexity index is 505. The van der Waals surface area contributed by atoms with Gasteiger partial charge in [-0.25, -0.2) is 0 Å². The lowest BCUT2D eigenvalue weighted by Crippen LogP contribution is -2.50. The fraction of sp³-hybridized carbons (Fsp3) is 0.588. The van der Waals surface area contributed by atoms with E-state index in [4.69, 9.17) is 4.74 Å². The van der Waals surface area contributed by atoms with Crippen LogP contribution in [0.3, 0.4) is 0 Å². The second-order valence-corrected chi connectivity index (χ2v) is 6.24. The predicted octanol–water partition coefficient (Wildman–Crippen LogP) is -0.114. The van der Waals surface area contributed by atoms with Crippen LogP contribution >= 0.6 is 0 Å². The van der Waals surface area contributed by atoms with E-state index in [9.17, 15) is 9.90 Å². The molecule has 2 aliphatic heterocycles. The van der Waals surface area contributed by atoms with Gasteiger partial charge >= 0.3 is 0 Å². The molecule has 2 fully saturated rings. The summed E-state index contributed by atoms with van der Waals surface area (Å²) in [6.45, 7) is 2.83. The van der Waals surface area contributed by atoms with Crippen molar-refractivity contribution in [1.29, 1.82) is 0 Å². The van der Waals surface area contributed by atoms with Crippen LogP contribution in [0.4, 0.5) is 0 Å². The second-order valence-electron chi connectivity index (χ2n) is 6.24. The predicted molar refractivity (Wildman–Crippen MR) is 87.3 cm³/mol. The third-order valence-corrected chi connectivity index (χ3v) is 4.57. The average molecular weight is 319 g/mol. The molecule has 3 atom stereocenters. The molecule has 1 aromatic rings. The van der Waals surface area contributed by atoms with Crippen molar-refractivity contribution < 1.29 is 14.6 Å². The zero-order valence-corrected chi connectivity index (χ0v) is 13.2. The second kappa shape index (κ2) is 7.88. The van der Waals surface area contributed by atoms with Gasteiger partial charge in [0.15, 0.2) is 0 Å². The highest BCUT2D eigenvalue weighted by Crippen LogP contribution is 2.16. The van der Waals surface area contributed by atoms with E-state index in [1.807, 2.05) is 18.2 Å². The van der Waals surface area contributed by atoms with Gasteiger partial charge in [-0.05, 0) is 38.1 Å². The van der Waals surface area contributed by atoms with E-state index in [2.05, 4.69) is 16.0 Å². The quantitative estimate of drug-likeness (QED) is 0.609. The van der Waals surface area contributed by atoms with Crippen molar-refractivity contribution in [2.75, 3.05) is 26.2 Å². The van der Waals surface area contributed by atoms with Crippen LogP contribution in [0, 0.1) is 0 Å². The number of piperidine rings is 1. The molecule has 2 saturated heterocycles. The molecule has 0 aliphatic carbocycles. The molecule has 2 aliphatic rings. The summed E-state index contributed by atoms with van der Waals surface area (Å²) in [7, 11) is 0. The number of rotatable bonds is 5. The number of hydrogen-bond donors (Lipinski definition) is 4. The summed E-state index contributed by atoms with van der Waals surface area (Å²) in [5.41, 5.74) is 0.615. The van der Waals surface area contributed by atoms with Gasteiger partial charge in [-0.2, -0.15) is 0 Å². The fourth-order valence-corrected chi connectivity index (χ4v) is 3.19. The van der Waals surface area contributed by atoms with Gasteiger partial charge in [-0.1, -0.05) is 18.2 Å². The topological polar surface area (TPSA) is 82.6 Å². The lowest BCUT2D eigenvalue weighted by molar-refractivity contribution is 0.0394. The van der Waals surface area contributed by atoms with E-state index in [0.717, 1.165) is 25.9 Å². The van der Waals surface area contributed by atoms with Gasteiger partial charge in [-0.3, -0.25) is 4.79 Å². The minimum atomic E-state index is -0.596. The number of aliphatic hydroxyl groups excluding tert-OH is 1. The Kier molecular flexibility index (Phi) is 5.61. The molecule has 0 saturated carbocycles. The molecule has 3 rings (SSSR count). The highest BCUT2D eigenvalue weighted by Gasteiger charge is 2.37. The van der Waals surface area contributed by atoms with Crippen molar-refractivity contribution in [3.05, 3.63) is 35.9 Å². The van der Waals surface area contributed by atoms with Crippen LogP contribution < -0.4 is 16.0 Å². The maximum atomic E-state index is 12.0. The number of aliphatic hydroxyl groups is 1. The maximum absolute atomic E-state index is 12.0. The maximum Gasteiger partial charge on any atom is 0.251 e. The van der Waals surface area contributed by atoms with Crippen LogP contribution in [-0.4, -0.2) is 61.5 Å². The number of hydrogen-bond acceptors (Lipinski definition) is 5. The molecule has 0 radical (unpaired) electrons. The third-order valence-electron chi connectivity index (χ3n) is 4.57. The lowest BCUT2D eigenvalue weighted by Gasteiger charge is -2.28. The van der Waals surface area contributed by atoms with Crippen molar-refractivity contribution in [3.8, 4) is 0 Å². The zero-order chi connectivity index (χ0) is 16.1. The Morgan fingerprint density at radius 1 is 1.26 bits per heavy atom. The molecular weight excluding hydrogens is 294 g/mol. The molecule has 6 heteroatoms. The van der Waals surface area contributed by atoms with E-state index in [1.54, 1.807) is 12.1 Å². The number of carbonyl (C=O) groups excluding carboxylic acids is 1. The molecule has 126 valence electrons. The number of ether oxygens (including phenoxy) is 1. The van der Waals surface area contributed by atoms with Crippen LogP contribution in [0.2, 0.25) is 0 Å². The fourth-order valence-electron chi connectivity index (χ4n) is 3.19. The zero-order valence-electron chi connectivity index (χ0n) is 13.2. The summed E-state index contributed by atoms with van der Waals surface area (Å²) in [6, 6.07) is 9.43. The van der Waals surface area contributed by atoms with Crippen molar-refractivity contribution in [2.24, 2.45) is 0 Å². The Morgan fingerprint density at radius 3 is 2.74 bits per heavy atom. The standard InChI is InChI=1S/C17H25N3O3/c21-16-14(20-13-6-8-18-9-7-13)11-23-15(16)10-19-17(22)12-4-2-1-3-5-12/h1-5,13-16,18,20-21H,6-11H2,(H,19,22)/t14-,15-,16+/m1/s1. The first-order valence-corrected chi connectivity index (χ1v) is 8.34. The number of nitrogens with one attached hydrogen (secondary N) is 3. The molecule has 1 aromatic carbocycles. The molecule has 6 nitrogen and oxygen atoms in total. The van der Waals surface area contributed by atoms with Gasteiger partial charge in [0.05, 0.1) is 18.8 Å². The van der Waals surface area contributed by atoms with Crippen LogP contribution in [0.5, 0.6) is 0 Å². The van der Waals surface area contributed by atoms with Crippen LogP contribution in [0.15, 0.2) is 30.3 Å². The molecule has 1 amide bonds. The molecule has 0 aromatic heterocycles. The van der Waals surface area contributed by atoms with Gasteiger partial charge < -0.3 is 25.8 Å². The summed E-state index contributed by atoms with van der Waals surface area (Å²) >= 11 is 0. The van der Waals surface area contributed by atoms with Crippen molar-refractivity contribution in [2.45, 2.75) is 37.1 Å². The minimum Gasteiger partial charge on any atom is -0.389 e. The van der Waals surface area contributed by atoms with Crippen molar-refractivity contribution in [3.63, 3.8) is 0 Å². The van der Waals surface area contributed by atoms with E-state index < -0.39 is 6.10 Å². The molecular formula is C17H25N3O3. The van der Waals surface area contributed by atoms with Gasteiger partial charge in [0, 0.05) is 18.2 Å². The summed E-state index contributed by atoms with van der Waals surface area (Å²) in [4.78, 5) is 12.0. The number of carbonyl (C=O) groups is 1. The Balaban J connectivity index is 1.45.